The highest BCUT2D eigenvalue weighted by molar-refractivity contribution is 5.93. The van der Waals surface area contributed by atoms with Crippen LogP contribution in [0.3, 0.4) is 0 Å². The van der Waals surface area contributed by atoms with Crippen molar-refractivity contribution in [3.05, 3.63) is 84.0 Å². The first-order valence-corrected chi connectivity index (χ1v) is 11.4. The normalized spacial score (nSPS) is 18.7. The molecule has 2 aliphatic heterocycles. The lowest BCUT2D eigenvalue weighted by Gasteiger charge is -2.22. The molecule has 6 heteroatoms. The molecule has 0 bridgehead atoms. The topological polar surface area (TPSA) is 54.6 Å². The van der Waals surface area contributed by atoms with Crippen molar-refractivity contribution >= 4 is 22.4 Å². The third-order valence-electron chi connectivity index (χ3n) is 6.10. The van der Waals surface area contributed by atoms with Crippen LogP contribution in [0, 0.1) is 5.82 Å². The first-order valence-electron chi connectivity index (χ1n) is 11.4. The predicted octanol–water partition coefficient (Wildman–Crippen LogP) is 5.14. The lowest BCUT2D eigenvalue weighted by Crippen LogP contribution is -2.27. The Balaban J connectivity index is 1.58. The third kappa shape index (κ3) is 3.93. The maximum atomic E-state index is 13.7. The fraction of sp³-hybridized carbons (Fsp3) is 0.222. The van der Waals surface area contributed by atoms with Crippen LogP contribution in [-0.2, 0) is 0 Å². The molecule has 0 aromatic heterocycles. The molecule has 33 heavy (non-hydrogen) atoms. The molecule has 1 unspecified atom stereocenters. The van der Waals surface area contributed by atoms with Crippen LogP contribution in [0.4, 0.5) is 10.1 Å². The zero-order valence-electron chi connectivity index (χ0n) is 18.4. The summed E-state index contributed by atoms with van der Waals surface area (Å²) in [6.07, 6.45) is 6.45. The second-order valence-electron chi connectivity index (χ2n) is 8.72. The van der Waals surface area contributed by atoms with Gasteiger partial charge in [-0.1, -0.05) is 18.2 Å². The first-order chi connectivity index (χ1) is 16.1. The summed E-state index contributed by atoms with van der Waals surface area (Å²) in [6, 6.07) is 19.3. The van der Waals surface area contributed by atoms with E-state index in [0.29, 0.717) is 12.6 Å². The molecule has 1 fully saturated rings. The van der Waals surface area contributed by atoms with E-state index >= 15 is 0 Å². The number of fused-ring (bicyclic) bond motifs is 2. The van der Waals surface area contributed by atoms with Crippen LogP contribution < -0.4 is 10.7 Å². The van der Waals surface area contributed by atoms with Crippen molar-refractivity contribution in [2.24, 2.45) is 9.98 Å². The largest absolute Gasteiger partial charge is 0.375 e. The van der Waals surface area contributed by atoms with E-state index in [2.05, 4.69) is 33.1 Å². The number of aromatic nitrogens is 2. The monoisotopic (exact) mass is 437 g/mol. The van der Waals surface area contributed by atoms with Crippen molar-refractivity contribution in [1.82, 2.24) is 9.55 Å². The molecule has 2 aliphatic carbocycles. The number of benzene rings is 3. The van der Waals surface area contributed by atoms with Gasteiger partial charge in [0.05, 0.1) is 52.1 Å². The van der Waals surface area contributed by atoms with Gasteiger partial charge in [0.2, 0.25) is 0 Å². The summed E-state index contributed by atoms with van der Waals surface area (Å²) in [5.41, 5.74) is 6.54. The van der Waals surface area contributed by atoms with E-state index < -0.39 is 0 Å². The molecule has 5 nitrogen and oxygen atoms in total. The predicted molar refractivity (Wildman–Crippen MR) is 131 cm³/mol. The minimum absolute atomic E-state index is 0.115. The molecule has 2 heterocycles. The van der Waals surface area contributed by atoms with Gasteiger partial charge in [0.25, 0.3) is 0 Å². The minimum Gasteiger partial charge on any atom is -0.375 e. The Hall–Kier alpha value is -3.80. The van der Waals surface area contributed by atoms with Crippen LogP contribution in [0.15, 0.2) is 82.8 Å². The molecule has 1 atom stereocenters. The van der Waals surface area contributed by atoms with Crippen molar-refractivity contribution in [3.63, 3.8) is 0 Å². The lowest BCUT2D eigenvalue weighted by atomic mass is 10.1. The molecule has 1 saturated carbocycles. The molecule has 2 aromatic carbocycles. The van der Waals surface area contributed by atoms with Crippen LogP contribution in [-0.4, -0.2) is 33.9 Å². The van der Waals surface area contributed by atoms with Gasteiger partial charge in [-0.2, -0.15) is 0 Å². The Kier molecular flexibility index (Phi) is 4.79. The summed E-state index contributed by atoms with van der Waals surface area (Å²) in [5, 5.41) is 4.55. The highest BCUT2D eigenvalue weighted by Gasteiger charge is 2.22. The van der Waals surface area contributed by atoms with Gasteiger partial charge >= 0.3 is 0 Å². The van der Waals surface area contributed by atoms with Gasteiger partial charge in [-0.05, 0) is 74.4 Å². The zero-order chi connectivity index (χ0) is 22.4. The number of nitrogens with one attached hydrogen (secondary N) is 1. The van der Waals surface area contributed by atoms with Gasteiger partial charge in [-0.3, -0.25) is 9.98 Å². The fourth-order valence-corrected chi connectivity index (χ4v) is 4.24. The Morgan fingerprint density at radius 2 is 1.88 bits per heavy atom. The highest BCUT2D eigenvalue weighted by Crippen LogP contribution is 2.31. The summed E-state index contributed by atoms with van der Waals surface area (Å²) in [6.45, 7) is 2.71. The number of aliphatic imine (C=N–C) groups is 1. The number of hydrogen-bond acceptors (Lipinski definition) is 4. The van der Waals surface area contributed by atoms with E-state index in [-0.39, 0.29) is 11.9 Å². The first kappa shape index (κ1) is 19.9. The number of rotatable bonds is 4. The minimum atomic E-state index is -0.253. The standard InChI is InChI=1S/C27H24FN5/c1-17-6-9-20(16-29-17)31-23-14-25-27(15-24(23)30-19-10-11-19)33(21-12-7-18(28)8-13-21)26-5-3-2-4-22(26)32-25/h2-9,12-15,19-20,31H,10-11,16H2,1H3. The summed E-state index contributed by atoms with van der Waals surface area (Å²) in [4.78, 5) is 14.5. The number of hydrogen-bond donors (Lipinski definition) is 1. The number of nitrogens with zero attached hydrogens (tertiary/aromatic N) is 4. The Bertz CT molecular complexity index is 1440. The lowest BCUT2D eigenvalue weighted by molar-refractivity contribution is 0.627. The molecule has 4 aliphatic rings. The van der Waals surface area contributed by atoms with E-state index in [1.807, 2.05) is 37.3 Å². The molecular weight excluding hydrogens is 413 g/mol. The van der Waals surface area contributed by atoms with E-state index in [9.17, 15) is 4.39 Å². The average Bonchev–Trinajstić information content (AvgIpc) is 3.64. The second kappa shape index (κ2) is 7.96. The molecular formula is C27H24FN5. The van der Waals surface area contributed by atoms with Gasteiger partial charge in [0.1, 0.15) is 5.82 Å². The SMILES string of the molecule is CC1=NCC(Nc2cc3nc4ccccc4n(-c4ccc(F)cc4)c-3cc2=NC2CC2)C=C1. The molecule has 164 valence electrons. The fourth-order valence-electron chi connectivity index (χ4n) is 4.24. The third-order valence-corrected chi connectivity index (χ3v) is 6.10. The van der Waals surface area contributed by atoms with Crippen molar-refractivity contribution in [1.29, 1.82) is 0 Å². The van der Waals surface area contributed by atoms with Gasteiger partial charge in [0.15, 0.2) is 0 Å². The summed E-state index contributed by atoms with van der Waals surface area (Å²) in [7, 11) is 0. The van der Waals surface area contributed by atoms with Crippen LogP contribution in [0.25, 0.3) is 28.1 Å². The van der Waals surface area contributed by atoms with E-state index in [1.54, 1.807) is 12.1 Å². The van der Waals surface area contributed by atoms with E-state index in [1.165, 1.54) is 12.1 Å². The molecule has 1 N–H and O–H groups in total. The van der Waals surface area contributed by atoms with Crippen molar-refractivity contribution in [2.45, 2.75) is 31.8 Å². The van der Waals surface area contributed by atoms with E-state index in [0.717, 1.165) is 57.7 Å². The number of halogens is 1. The zero-order valence-corrected chi connectivity index (χ0v) is 18.4. The Morgan fingerprint density at radius 1 is 1.06 bits per heavy atom. The summed E-state index contributed by atoms with van der Waals surface area (Å²) < 4.78 is 15.8. The molecule has 2 aromatic rings. The van der Waals surface area contributed by atoms with Crippen molar-refractivity contribution in [2.75, 3.05) is 11.9 Å². The number of dihydropyridines is 1. The molecule has 0 radical (unpaired) electrons. The van der Waals surface area contributed by atoms with Gasteiger partial charge < -0.3 is 9.88 Å². The van der Waals surface area contributed by atoms with E-state index in [4.69, 9.17) is 9.98 Å². The van der Waals surface area contributed by atoms with Crippen LogP contribution in [0.2, 0.25) is 0 Å². The van der Waals surface area contributed by atoms with Gasteiger partial charge in [-0.15, -0.1) is 0 Å². The van der Waals surface area contributed by atoms with Gasteiger partial charge in [-0.25, -0.2) is 9.37 Å². The van der Waals surface area contributed by atoms with Crippen molar-refractivity contribution in [3.8, 4) is 17.1 Å². The van der Waals surface area contributed by atoms with Crippen molar-refractivity contribution < 1.29 is 4.39 Å². The quantitative estimate of drug-likeness (QED) is 0.449. The van der Waals surface area contributed by atoms with Gasteiger partial charge in [0, 0.05) is 11.4 Å². The molecule has 0 spiro atoms. The molecule has 0 saturated heterocycles. The number of allylic oxidation sites excluding steroid dienone is 1. The Labute approximate surface area is 191 Å². The number of anilines is 1. The smallest absolute Gasteiger partial charge is 0.123 e. The van der Waals surface area contributed by atoms with Crippen LogP contribution in [0.1, 0.15) is 19.8 Å². The van der Waals surface area contributed by atoms with Crippen LogP contribution >= 0.6 is 0 Å². The highest BCUT2D eigenvalue weighted by atomic mass is 19.1. The maximum absolute atomic E-state index is 13.7. The molecule has 6 rings (SSSR count). The second-order valence-corrected chi connectivity index (χ2v) is 8.72. The maximum Gasteiger partial charge on any atom is 0.123 e. The molecule has 0 amide bonds. The average molecular weight is 438 g/mol. The van der Waals surface area contributed by atoms with Crippen LogP contribution in [0.5, 0.6) is 0 Å². The number of para-hydroxylation sites is 2. The summed E-state index contributed by atoms with van der Waals surface area (Å²) >= 11 is 0. The Morgan fingerprint density at radius 3 is 2.64 bits per heavy atom. The summed E-state index contributed by atoms with van der Waals surface area (Å²) in [5.74, 6) is -0.253.